The number of carbonyl (C=O) groups is 1. The maximum absolute atomic E-state index is 11.2. The Hall–Kier alpha value is -1.33. The Morgan fingerprint density at radius 3 is 2.83 bits per heavy atom. The van der Waals surface area contributed by atoms with Crippen molar-refractivity contribution in [1.82, 2.24) is 0 Å². The molecule has 0 saturated heterocycles. The first kappa shape index (κ1) is 13.1. The number of benzene rings is 1. The Bertz CT molecular complexity index is 540. The average Bonchev–Trinajstić information content (AvgIpc) is 2.81. The molecular formula is C13H12BrNO2S. The summed E-state index contributed by atoms with van der Waals surface area (Å²) in [7, 11) is 0. The Kier molecular flexibility index (Phi) is 4.38. The molecule has 0 radical (unpaired) electrons. The van der Waals surface area contributed by atoms with Crippen LogP contribution in [0.4, 0.5) is 5.69 Å². The van der Waals surface area contributed by atoms with E-state index in [0.29, 0.717) is 10.2 Å². The number of carboxylic acid groups (broad SMARTS) is 1. The van der Waals surface area contributed by atoms with Crippen molar-refractivity contribution >= 4 is 38.9 Å². The first-order valence-electron chi connectivity index (χ1n) is 5.46. The molecule has 0 aliphatic heterocycles. The molecule has 0 bridgehead atoms. The third-order valence-corrected chi connectivity index (χ3v) is 4.09. The molecule has 3 nitrogen and oxygen atoms in total. The fourth-order valence-electron chi connectivity index (χ4n) is 1.66. The number of thiophene rings is 1. The summed E-state index contributed by atoms with van der Waals surface area (Å²) in [4.78, 5) is 12.5. The molecule has 94 valence electrons. The molecule has 5 heteroatoms. The number of aromatic carboxylic acids is 1. The highest BCUT2D eigenvalue weighted by molar-refractivity contribution is 9.10. The van der Waals surface area contributed by atoms with Crippen LogP contribution in [0.5, 0.6) is 0 Å². The number of carboxylic acids is 1. The van der Waals surface area contributed by atoms with E-state index < -0.39 is 5.97 Å². The quantitative estimate of drug-likeness (QED) is 0.877. The lowest BCUT2D eigenvalue weighted by molar-refractivity contribution is 0.0697. The third-order valence-electron chi connectivity index (χ3n) is 2.49. The summed E-state index contributed by atoms with van der Waals surface area (Å²) in [5.41, 5.74) is 0.928. The zero-order valence-corrected chi connectivity index (χ0v) is 11.9. The number of hydrogen-bond acceptors (Lipinski definition) is 3. The minimum Gasteiger partial charge on any atom is -0.478 e. The van der Waals surface area contributed by atoms with Gasteiger partial charge in [0.15, 0.2) is 0 Å². The molecule has 1 aromatic heterocycles. The molecule has 0 fully saturated rings. The number of anilines is 1. The molecule has 0 atom stereocenters. The molecule has 0 saturated carbocycles. The number of rotatable bonds is 5. The van der Waals surface area contributed by atoms with E-state index in [9.17, 15) is 4.79 Å². The topological polar surface area (TPSA) is 49.3 Å². The standard InChI is InChI=1S/C13H12BrNO2S/c14-10-4-1-5-11(12(10)13(16)17)15-7-6-9-3-2-8-18-9/h1-5,8,15H,6-7H2,(H,16,17). The lowest BCUT2D eigenvalue weighted by atomic mass is 10.1. The van der Waals surface area contributed by atoms with Crippen molar-refractivity contribution in [3.8, 4) is 0 Å². The van der Waals surface area contributed by atoms with E-state index in [1.165, 1.54) is 4.88 Å². The summed E-state index contributed by atoms with van der Waals surface area (Å²) in [5, 5.41) is 14.4. The fourth-order valence-corrected chi connectivity index (χ4v) is 2.91. The normalized spacial score (nSPS) is 10.3. The fraction of sp³-hybridized carbons (Fsp3) is 0.154. The molecule has 2 N–H and O–H groups in total. The van der Waals surface area contributed by atoms with Crippen LogP contribution >= 0.6 is 27.3 Å². The number of hydrogen-bond donors (Lipinski definition) is 2. The first-order valence-corrected chi connectivity index (χ1v) is 7.14. The van der Waals surface area contributed by atoms with Crippen molar-refractivity contribution in [3.63, 3.8) is 0 Å². The van der Waals surface area contributed by atoms with Crippen molar-refractivity contribution in [3.05, 3.63) is 50.6 Å². The molecule has 1 heterocycles. The van der Waals surface area contributed by atoms with Gasteiger partial charge in [0.25, 0.3) is 0 Å². The van der Waals surface area contributed by atoms with Crippen molar-refractivity contribution in [2.75, 3.05) is 11.9 Å². The number of nitrogens with one attached hydrogen (secondary N) is 1. The molecule has 0 unspecified atom stereocenters. The van der Waals surface area contributed by atoms with E-state index >= 15 is 0 Å². The maximum Gasteiger partial charge on any atom is 0.338 e. The average molecular weight is 326 g/mol. The van der Waals surface area contributed by atoms with Gasteiger partial charge in [-0.3, -0.25) is 0 Å². The Morgan fingerprint density at radius 2 is 2.17 bits per heavy atom. The lowest BCUT2D eigenvalue weighted by Gasteiger charge is -2.10. The van der Waals surface area contributed by atoms with Gasteiger partial charge in [0, 0.05) is 21.6 Å². The predicted octanol–water partition coefficient (Wildman–Crippen LogP) is 3.86. The third kappa shape index (κ3) is 3.11. The van der Waals surface area contributed by atoms with Gasteiger partial charge in [0.05, 0.1) is 5.56 Å². The summed E-state index contributed by atoms with van der Waals surface area (Å²) in [6.45, 7) is 0.719. The number of halogens is 1. The first-order chi connectivity index (χ1) is 8.68. The van der Waals surface area contributed by atoms with Crippen LogP contribution < -0.4 is 5.32 Å². The molecule has 2 rings (SSSR count). The monoisotopic (exact) mass is 325 g/mol. The molecule has 0 spiro atoms. The Morgan fingerprint density at radius 1 is 1.33 bits per heavy atom. The Labute approximate surface area is 118 Å². The van der Waals surface area contributed by atoms with Gasteiger partial charge < -0.3 is 10.4 Å². The van der Waals surface area contributed by atoms with E-state index in [2.05, 4.69) is 27.3 Å². The van der Waals surface area contributed by atoms with Gasteiger partial charge >= 0.3 is 5.97 Å². The van der Waals surface area contributed by atoms with Crippen LogP contribution in [0.1, 0.15) is 15.2 Å². The van der Waals surface area contributed by atoms with Crippen LogP contribution in [0.25, 0.3) is 0 Å². The molecule has 0 aliphatic carbocycles. The van der Waals surface area contributed by atoms with E-state index in [-0.39, 0.29) is 5.56 Å². The van der Waals surface area contributed by atoms with E-state index in [1.54, 1.807) is 23.5 Å². The van der Waals surface area contributed by atoms with Crippen molar-refractivity contribution < 1.29 is 9.90 Å². The van der Waals surface area contributed by atoms with Gasteiger partial charge in [-0.15, -0.1) is 11.3 Å². The van der Waals surface area contributed by atoms with Crippen LogP contribution in [0.15, 0.2) is 40.2 Å². The molecular weight excluding hydrogens is 314 g/mol. The van der Waals surface area contributed by atoms with E-state index in [4.69, 9.17) is 5.11 Å². The van der Waals surface area contributed by atoms with Crippen LogP contribution in [-0.4, -0.2) is 17.6 Å². The summed E-state index contributed by atoms with van der Waals surface area (Å²) in [6.07, 6.45) is 0.892. The second-order valence-corrected chi connectivity index (χ2v) is 5.61. The Balaban J connectivity index is 2.05. The summed E-state index contributed by atoms with van der Waals surface area (Å²) >= 11 is 4.97. The zero-order chi connectivity index (χ0) is 13.0. The highest BCUT2D eigenvalue weighted by atomic mass is 79.9. The second kappa shape index (κ2) is 6.02. The largest absolute Gasteiger partial charge is 0.478 e. The SMILES string of the molecule is O=C(O)c1c(Br)cccc1NCCc1cccs1. The lowest BCUT2D eigenvalue weighted by Crippen LogP contribution is -2.09. The van der Waals surface area contributed by atoms with E-state index in [1.807, 2.05) is 17.5 Å². The van der Waals surface area contributed by atoms with Gasteiger partial charge in [0.2, 0.25) is 0 Å². The van der Waals surface area contributed by atoms with Gasteiger partial charge in [-0.1, -0.05) is 12.1 Å². The zero-order valence-electron chi connectivity index (χ0n) is 9.52. The van der Waals surface area contributed by atoms with Crippen LogP contribution in [-0.2, 0) is 6.42 Å². The maximum atomic E-state index is 11.2. The summed E-state index contributed by atoms with van der Waals surface area (Å²) in [5.74, 6) is -0.930. The van der Waals surface area contributed by atoms with Gasteiger partial charge in [-0.05, 0) is 45.9 Å². The molecule has 2 aromatic rings. The van der Waals surface area contributed by atoms with Crippen molar-refractivity contribution in [2.24, 2.45) is 0 Å². The van der Waals surface area contributed by atoms with Crippen molar-refractivity contribution in [2.45, 2.75) is 6.42 Å². The molecule has 0 aliphatic rings. The highest BCUT2D eigenvalue weighted by Crippen LogP contribution is 2.24. The molecule has 1 aromatic carbocycles. The predicted molar refractivity (Wildman–Crippen MR) is 77.6 cm³/mol. The summed E-state index contributed by atoms with van der Waals surface area (Å²) < 4.78 is 0.594. The smallest absolute Gasteiger partial charge is 0.338 e. The highest BCUT2D eigenvalue weighted by Gasteiger charge is 2.13. The van der Waals surface area contributed by atoms with Crippen LogP contribution in [0.3, 0.4) is 0 Å². The van der Waals surface area contributed by atoms with Gasteiger partial charge in [0.1, 0.15) is 0 Å². The molecule has 18 heavy (non-hydrogen) atoms. The van der Waals surface area contributed by atoms with E-state index in [0.717, 1.165) is 13.0 Å². The van der Waals surface area contributed by atoms with Crippen LogP contribution in [0.2, 0.25) is 0 Å². The van der Waals surface area contributed by atoms with Gasteiger partial charge in [-0.2, -0.15) is 0 Å². The van der Waals surface area contributed by atoms with Gasteiger partial charge in [-0.25, -0.2) is 4.79 Å². The molecule has 0 amide bonds. The minimum absolute atomic E-state index is 0.281. The second-order valence-electron chi connectivity index (χ2n) is 3.72. The van der Waals surface area contributed by atoms with Crippen molar-refractivity contribution in [1.29, 1.82) is 0 Å². The summed E-state index contributed by atoms with van der Waals surface area (Å²) in [6, 6.07) is 9.42. The van der Waals surface area contributed by atoms with Crippen LogP contribution in [0, 0.1) is 0 Å². The minimum atomic E-state index is -0.930.